The Labute approximate surface area is 188 Å². The summed E-state index contributed by atoms with van der Waals surface area (Å²) in [6, 6.07) is 15.0. The number of carbonyl (C=O) groups is 1. The van der Waals surface area contributed by atoms with Gasteiger partial charge in [0.05, 0.1) is 0 Å². The first-order chi connectivity index (χ1) is 13.7. The van der Waals surface area contributed by atoms with Crippen molar-refractivity contribution < 1.29 is 9.18 Å². The van der Waals surface area contributed by atoms with E-state index in [9.17, 15) is 9.18 Å². The van der Waals surface area contributed by atoms with Gasteiger partial charge in [-0.1, -0.05) is 42.5 Å². The van der Waals surface area contributed by atoms with Crippen LogP contribution < -0.4 is 10.6 Å². The van der Waals surface area contributed by atoms with Gasteiger partial charge in [0, 0.05) is 39.6 Å². The van der Waals surface area contributed by atoms with E-state index in [2.05, 4.69) is 33.8 Å². The Morgan fingerprint density at radius 3 is 2.66 bits per heavy atom. The maximum Gasteiger partial charge on any atom is 0.222 e. The van der Waals surface area contributed by atoms with Gasteiger partial charge in [0.15, 0.2) is 5.96 Å². The molecular weight excluding hydrogens is 482 g/mol. The van der Waals surface area contributed by atoms with E-state index in [-0.39, 0.29) is 35.7 Å². The number of guanidine groups is 1. The summed E-state index contributed by atoms with van der Waals surface area (Å²) >= 11 is 0. The number of rotatable bonds is 7. The van der Waals surface area contributed by atoms with Gasteiger partial charge in [-0.2, -0.15) is 0 Å². The molecule has 1 saturated heterocycles. The maximum atomic E-state index is 13.7. The largest absolute Gasteiger partial charge is 0.356 e. The number of benzene rings is 2. The second-order valence-electron chi connectivity index (χ2n) is 6.93. The minimum atomic E-state index is -0.180. The maximum absolute atomic E-state index is 13.7. The quantitative estimate of drug-likeness (QED) is 0.341. The molecule has 0 spiro atoms. The molecule has 0 unspecified atom stereocenters. The molecule has 1 heterocycles. The number of aliphatic imine (C=N–C) groups is 1. The summed E-state index contributed by atoms with van der Waals surface area (Å²) in [7, 11) is 1.72. The number of nitrogens with one attached hydrogen (secondary N) is 2. The van der Waals surface area contributed by atoms with Crippen molar-refractivity contribution in [3.05, 3.63) is 71.0 Å². The molecule has 0 aliphatic carbocycles. The van der Waals surface area contributed by atoms with Crippen LogP contribution in [0.2, 0.25) is 0 Å². The third kappa shape index (κ3) is 6.99. The first-order valence-corrected chi connectivity index (χ1v) is 9.69. The van der Waals surface area contributed by atoms with Crippen LogP contribution in [0, 0.1) is 5.82 Å². The van der Waals surface area contributed by atoms with Crippen molar-refractivity contribution in [2.75, 3.05) is 20.1 Å². The third-order valence-corrected chi connectivity index (χ3v) is 4.86. The highest BCUT2D eigenvalue weighted by Crippen LogP contribution is 2.15. The number of hydrogen-bond acceptors (Lipinski definition) is 2. The summed E-state index contributed by atoms with van der Waals surface area (Å²) in [6.45, 7) is 2.74. The normalized spacial score (nSPS) is 13.9. The molecule has 2 aromatic rings. The van der Waals surface area contributed by atoms with E-state index in [1.165, 1.54) is 6.07 Å². The van der Waals surface area contributed by atoms with Crippen LogP contribution in [0.1, 0.15) is 29.5 Å². The molecule has 0 aromatic heterocycles. The smallest absolute Gasteiger partial charge is 0.222 e. The summed E-state index contributed by atoms with van der Waals surface area (Å²) in [5, 5.41) is 6.49. The van der Waals surface area contributed by atoms with Crippen LogP contribution in [0.25, 0.3) is 0 Å². The summed E-state index contributed by atoms with van der Waals surface area (Å²) in [5.41, 5.74) is 2.95. The van der Waals surface area contributed by atoms with Gasteiger partial charge in [-0.25, -0.2) is 4.39 Å². The lowest BCUT2D eigenvalue weighted by atomic mass is 10.1. The molecule has 3 rings (SSSR count). The van der Waals surface area contributed by atoms with Gasteiger partial charge < -0.3 is 15.5 Å². The molecule has 1 amide bonds. The van der Waals surface area contributed by atoms with Gasteiger partial charge in [0.2, 0.25) is 5.91 Å². The minimum absolute atomic E-state index is 0. The molecule has 0 atom stereocenters. The summed E-state index contributed by atoms with van der Waals surface area (Å²) in [6.07, 6.45) is 2.21. The van der Waals surface area contributed by atoms with Crippen molar-refractivity contribution in [1.29, 1.82) is 0 Å². The molecule has 1 fully saturated rings. The summed E-state index contributed by atoms with van der Waals surface area (Å²) < 4.78 is 13.7. The predicted octanol–water partition coefficient (Wildman–Crippen LogP) is 3.47. The molecule has 5 nitrogen and oxygen atoms in total. The zero-order valence-electron chi connectivity index (χ0n) is 16.7. The molecule has 7 heteroatoms. The number of amides is 1. The molecule has 0 bridgehead atoms. The highest BCUT2D eigenvalue weighted by Gasteiger charge is 2.19. The van der Waals surface area contributed by atoms with E-state index >= 15 is 0 Å². The number of hydrogen-bond donors (Lipinski definition) is 2. The van der Waals surface area contributed by atoms with Crippen molar-refractivity contribution in [2.24, 2.45) is 4.99 Å². The SMILES string of the molecule is CN=C(NCCc1ccccc1F)NCc1cccc(CN2CCCC2=O)c1.I. The minimum Gasteiger partial charge on any atom is -0.356 e. The van der Waals surface area contributed by atoms with E-state index in [1.54, 1.807) is 19.2 Å². The summed E-state index contributed by atoms with van der Waals surface area (Å²) in [5.74, 6) is 0.736. The van der Waals surface area contributed by atoms with E-state index in [0.29, 0.717) is 44.0 Å². The van der Waals surface area contributed by atoms with Gasteiger partial charge in [-0.15, -0.1) is 24.0 Å². The van der Waals surface area contributed by atoms with Crippen LogP contribution in [-0.4, -0.2) is 36.9 Å². The molecule has 2 aromatic carbocycles. The molecule has 0 radical (unpaired) electrons. The van der Waals surface area contributed by atoms with Crippen molar-refractivity contribution in [3.63, 3.8) is 0 Å². The Kier molecular flexibility index (Phi) is 9.37. The average molecular weight is 510 g/mol. The summed E-state index contributed by atoms with van der Waals surface area (Å²) in [4.78, 5) is 17.9. The van der Waals surface area contributed by atoms with Crippen molar-refractivity contribution in [2.45, 2.75) is 32.4 Å². The number of likely N-dealkylation sites (tertiary alicyclic amines) is 1. The van der Waals surface area contributed by atoms with E-state index in [0.717, 1.165) is 24.1 Å². The highest BCUT2D eigenvalue weighted by atomic mass is 127. The number of halogens is 2. The molecule has 29 heavy (non-hydrogen) atoms. The molecule has 1 aliphatic heterocycles. The topological polar surface area (TPSA) is 56.7 Å². The third-order valence-electron chi connectivity index (χ3n) is 4.86. The van der Waals surface area contributed by atoms with Gasteiger partial charge in [-0.3, -0.25) is 9.79 Å². The molecular formula is C22H28FIN4O. The lowest BCUT2D eigenvalue weighted by Crippen LogP contribution is -2.38. The standard InChI is InChI=1S/C22H27FN4O.HI/c1-24-22(25-12-11-19-8-2-3-9-20(19)23)26-15-17-6-4-7-18(14-17)16-27-13-5-10-21(27)28;/h2-4,6-9,14H,5,10-13,15-16H2,1H3,(H2,24,25,26);1H. The Morgan fingerprint density at radius 1 is 1.14 bits per heavy atom. The van der Waals surface area contributed by atoms with Crippen molar-refractivity contribution >= 4 is 35.8 Å². The van der Waals surface area contributed by atoms with Crippen LogP contribution in [-0.2, 0) is 24.3 Å². The molecule has 0 saturated carbocycles. The first kappa shape index (κ1) is 23.1. The van der Waals surface area contributed by atoms with Crippen LogP contribution in [0.4, 0.5) is 4.39 Å². The van der Waals surface area contributed by atoms with Gasteiger partial charge in [0.25, 0.3) is 0 Å². The van der Waals surface area contributed by atoms with Crippen LogP contribution >= 0.6 is 24.0 Å². The number of carbonyl (C=O) groups excluding carboxylic acids is 1. The fraction of sp³-hybridized carbons (Fsp3) is 0.364. The fourth-order valence-electron chi connectivity index (χ4n) is 3.35. The van der Waals surface area contributed by atoms with Crippen molar-refractivity contribution in [1.82, 2.24) is 15.5 Å². The second kappa shape index (κ2) is 11.7. The van der Waals surface area contributed by atoms with E-state index in [4.69, 9.17) is 0 Å². The van der Waals surface area contributed by atoms with Crippen LogP contribution in [0.3, 0.4) is 0 Å². The molecule has 156 valence electrons. The van der Waals surface area contributed by atoms with E-state index < -0.39 is 0 Å². The van der Waals surface area contributed by atoms with Gasteiger partial charge in [-0.05, 0) is 35.6 Å². The Bertz CT molecular complexity index is 843. The van der Waals surface area contributed by atoms with Crippen LogP contribution in [0.5, 0.6) is 0 Å². The monoisotopic (exact) mass is 510 g/mol. The second-order valence-corrected chi connectivity index (χ2v) is 6.93. The Morgan fingerprint density at radius 2 is 1.93 bits per heavy atom. The average Bonchev–Trinajstić information content (AvgIpc) is 3.10. The van der Waals surface area contributed by atoms with Crippen molar-refractivity contribution in [3.8, 4) is 0 Å². The Balaban J connectivity index is 0.00000300. The molecule has 1 aliphatic rings. The van der Waals surface area contributed by atoms with Crippen LogP contribution in [0.15, 0.2) is 53.5 Å². The zero-order chi connectivity index (χ0) is 19.8. The van der Waals surface area contributed by atoms with Gasteiger partial charge in [0.1, 0.15) is 5.82 Å². The van der Waals surface area contributed by atoms with Gasteiger partial charge >= 0.3 is 0 Å². The lowest BCUT2D eigenvalue weighted by Gasteiger charge is -2.16. The predicted molar refractivity (Wildman–Crippen MR) is 125 cm³/mol. The highest BCUT2D eigenvalue weighted by molar-refractivity contribution is 14.0. The number of nitrogens with zero attached hydrogens (tertiary/aromatic N) is 2. The lowest BCUT2D eigenvalue weighted by molar-refractivity contribution is -0.128. The van der Waals surface area contributed by atoms with E-state index in [1.807, 2.05) is 17.0 Å². The first-order valence-electron chi connectivity index (χ1n) is 9.69. The molecule has 2 N–H and O–H groups in total. The Hall–Kier alpha value is -2.16. The zero-order valence-corrected chi connectivity index (χ0v) is 19.0. The fourth-order valence-corrected chi connectivity index (χ4v) is 3.35.